The highest BCUT2D eigenvalue weighted by atomic mass is 16.6. The molecular weight excluding hydrogens is 336 g/mol. The Balaban J connectivity index is 1.94. The Morgan fingerprint density at radius 1 is 1.15 bits per heavy atom. The highest BCUT2D eigenvalue weighted by Gasteiger charge is 2.12. The van der Waals surface area contributed by atoms with Gasteiger partial charge in [-0.05, 0) is 55.8 Å². The van der Waals surface area contributed by atoms with Gasteiger partial charge in [-0.2, -0.15) is 5.10 Å². The normalized spacial score (nSPS) is 12.2. The van der Waals surface area contributed by atoms with Crippen molar-refractivity contribution in [3.8, 4) is 5.75 Å². The Bertz CT molecular complexity index is 801. The maximum atomic E-state index is 12.2. The number of methoxy groups -OCH3 is 1. The Labute approximate surface area is 151 Å². The number of anilines is 1. The SMILES string of the molecule is COc1ccc(N[C@H](C)C(=O)N/N=C(\C)c2ccc([N+](=O)[O-])cc2)cc1. The molecule has 0 aliphatic carbocycles. The van der Waals surface area contributed by atoms with Crippen molar-refractivity contribution in [1.29, 1.82) is 0 Å². The first kappa shape index (κ1) is 18.9. The van der Waals surface area contributed by atoms with E-state index in [0.717, 1.165) is 11.4 Å². The Morgan fingerprint density at radius 3 is 2.31 bits per heavy atom. The molecule has 0 heterocycles. The van der Waals surface area contributed by atoms with Crippen LogP contribution in [-0.2, 0) is 4.79 Å². The summed E-state index contributed by atoms with van der Waals surface area (Å²) in [7, 11) is 1.59. The number of carbonyl (C=O) groups is 1. The predicted molar refractivity (Wildman–Crippen MR) is 99.5 cm³/mol. The lowest BCUT2D eigenvalue weighted by molar-refractivity contribution is -0.384. The van der Waals surface area contributed by atoms with Crippen molar-refractivity contribution < 1.29 is 14.5 Å². The van der Waals surface area contributed by atoms with Crippen LogP contribution >= 0.6 is 0 Å². The molecular formula is C18H20N4O4. The second kappa shape index (κ2) is 8.61. The van der Waals surface area contributed by atoms with Crippen molar-refractivity contribution in [3.63, 3.8) is 0 Å². The summed E-state index contributed by atoms with van der Waals surface area (Å²) in [5.74, 6) is 0.429. The van der Waals surface area contributed by atoms with E-state index in [0.29, 0.717) is 11.3 Å². The summed E-state index contributed by atoms with van der Waals surface area (Å²) in [4.78, 5) is 22.3. The summed E-state index contributed by atoms with van der Waals surface area (Å²) in [6.45, 7) is 3.43. The fourth-order valence-electron chi connectivity index (χ4n) is 2.13. The van der Waals surface area contributed by atoms with Crippen LogP contribution in [0.4, 0.5) is 11.4 Å². The molecule has 2 aromatic carbocycles. The van der Waals surface area contributed by atoms with Crippen LogP contribution in [0.25, 0.3) is 0 Å². The molecule has 0 bridgehead atoms. The molecule has 0 spiro atoms. The Kier molecular flexibility index (Phi) is 6.26. The van der Waals surface area contributed by atoms with Crippen molar-refractivity contribution in [2.24, 2.45) is 5.10 Å². The number of nitrogens with one attached hydrogen (secondary N) is 2. The van der Waals surface area contributed by atoms with E-state index in [9.17, 15) is 14.9 Å². The summed E-state index contributed by atoms with van der Waals surface area (Å²) >= 11 is 0. The smallest absolute Gasteiger partial charge is 0.269 e. The molecule has 2 aromatic rings. The minimum Gasteiger partial charge on any atom is -0.497 e. The molecule has 1 amide bonds. The highest BCUT2D eigenvalue weighted by molar-refractivity contribution is 5.99. The molecule has 0 unspecified atom stereocenters. The number of ether oxygens (including phenoxy) is 1. The van der Waals surface area contributed by atoms with E-state index in [1.807, 2.05) is 12.1 Å². The van der Waals surface area contributed by atoms with E-state index >= 15 is 0 Å². The maximum absolute atomic E-state index is 12.2. The summed E-state index contributed by atoms with van der Waals surface area (Å²) in [6, 6.07) is 12.7. The zero-order valence-corrected chi connectivity index (χ0v) is 14.7. The van der Waals surface area contributed by atoms with Crippen molar-refractivity contribution in [3.05, 3.63) is 64.2 Å². The topological polar surface area (TPSA) is 106 Å². The molecule has 26 heavy (non-hydrogen) atoms. The second-order valence-electron chi connectivity index (χ2n) is 5.57. The van der Waals surface area contributed by atoms with Crippen molar-refractivity contribution in [1.82, 2.24) is 5.43 Å². The third kappa shape index (κ3) is 5.04. The molecule has 2 rings (SSSR count). The van der Waals surface area contributed by atoms with E-state index in [2.05, 4.69) is 15.8 Å². The number of nitro benzene ring substituents is 1. The molecule has 0 aliphatic rings. The maximum Gasteiger partial charge on any atom is 0.269 e. The summed E-state index contributed by atoms with van der Waals surface area (Å²) in [5, 5.41) is 17.8. The lowest BCUT2D eigenvalue weighted by atomic mass is 10.1. The van der Waals surface area contributed by atoms with Gasteiger partial charge in [0.15, 0.2) is 0 Å². The minimum atomic E-state index is -0.503. The van der Waals surface area contributed by atoms with Crippen LogP contribution < -0.4 is 15.5 Å². The lowest BCUT2D eigenvalue weighted by Gasteiger charge is -2.14. The second-order valence-corrected chi connectivity index (χ2v) is 5.57. The van der Waals surface area contributed by atoms with Crippen LogP contribution in [0, 0.1) is 10.1 Å². The summed E-state index contributed by atoms with van der Waals surface area (Å²) < 4.78 is 5.09. The van der Waals surface area contributed by atoms with E-state index < -0.39 is 11.0 Å². The molecule has 0 saturated carbocycles. The first-order chi connectivity index (χ1) is 12.4. The molecule has 2 N–H and O–H groups in total. The predicted octanol–water partition coefficient (Wildman–Crippen LogP) is 2.94. The van der Waals surface area contributed by atoms with Gasteiger partial charge in [0.2, 0.25) is 0 Å². The van der Waals surface area contributed by atoms with Gasteiger partial charge in [-0.1, -0.05) is 0 Å². The molecule has 0 radical (unpaired) electrons. The zero-order chi connectivity index (χ0) is 19.1. The number of rotatable bonds is 7. The largest absolute Gasteiger partial charge is 0.497 e. The van der Waals surface area contributed by atoms with Crippen LogP contribution in [0.3, 0.4) is 0 Å². The van der Waals surface area contributed by atoms with Crippen molar-refractivity contribution in [2.75, 3.05) is 12.4 Å². The molecule has 0 aromatic heterocycles. The molecule has 8 heteroatoms. The van der Waals surface area contributed by atoms with Gasteiger partial charge in [0.05, 0.1) is 17.7 Å². The number of nitrogens with zero attached hydrogens (tertiary/aromatic N) is 2. The molecule has 1 atom stereocenters. The van der Waals surface area contributed by atoms with Crippen LogP contribution in [-0.4, -0.2) is 29.7 Å². The number of hydrazone groups is 1. The van der Waals surface area contributed by atoms with Crippen LogP contribution in [0.1, 0.15) is 19.4 Å². The number of hydrogen-bond donors (Lipinski definition) is 2. The zero-order valence-electron chi connectivity index (χ0n) is 14.7. The molecule has 0 fully saturated rings. The quantitative estimate of drug-likeness (QED) is 0.451. The first-order valence-corrected chi connectivity index (χ1v) is 7.90. The van der Waals surface area contributed by atoms with E-state index in [1.54, 1.807) is 45.2 Å². The fraction of sp³-hybridized carbons (Fsp3) is 0.222. The number of benzene rings is 2. The van der Waals surface area contributed by atoms with E-state index in [-0.39, 0.29) is 11.6 Å². The highest BCUT2D eigenvalue weighted by Crippen LogP contribution is 2.16. The van der Waals surface area contributed by atoms with Crippen molar-refractivity contribution in [2.45, 2.75) is 19.9 Å². The van der Waals surface area contributed by atoms with Crippen LogP contribution in [0.2, 0.25) is 0 Å². The number of amides is 1. The van der Waals surface area contributed by atoms with Gasteiger partial charge in [0.1, 0.15) is 11.8 Å². The fourth-order valence-corrected chi connectivity index (χ4v) is 2.13. The van der Waals surface area contributed by atoms with Gasteiger partial charge < -0.3 is 10.1 Å². The van der Waals surface area contributed by atoms with Gasteiger partial charge in [-0.15, -0.1) is 0 Å². The number of nitro groups is 1. The van der Waals surface area contributed by atoms with Gasteiger partial charge >= 0.3 is 0 Å². The van der Waals surface area contributed by atoms with Crippen LogP contribution in [0.5, 0.6) is 5.75 Å². The molecule has 8 nitrogen and oxygen atoms in total. The average molecular weight is 356 g/mol. The lowest BCUT2D eigenvalue weighted by Crippen LogP contribution is -2.35. The van der Waals surface area contributed by atoms with Crippen LogP contribution in [0.15, 0.2) is 53.6 Å². The van der Waals surface area contributed by atoms with Gasteiger partial charge in [0.25, 0.3) is 11.6 Å². The van der Waals surface area contributed by atoms with Gasteiger partial charge in [0, 0.05) is 17.8 Å². The number of non-ortho nitro benzene ring substituents is 1. The first-order valence-electron chi connectivity index (χ1n) is 7.90. The number of hydrogen-bond acceptors (Lipinski definition) is 6. The van der Waals surface area contributed by atoms with Gasteiger partial charge in [-0.3, -0.25) is 14.9 Å². The summed E-state index contributed by atoms with van der Waals surface area (Å²) in [6.07, 6.45) is 0. The standard InChI is InChI=1S/C18H20N4O4/c1-12(14-4-8-16(9-5-14)22(24)25)20-21-18(23)13(2)19-15-6-10-17(26-3)11-7-15/h4-11,13,19H,1-3H3,(H,21,23)/b20-12+/t13-/m1/s1. The Hall–Kier alpha value is -3.42. The van der Waals surface area contributed by atoms with E-state index in [1.165, 1.54) is 12.1 Å². The molecule has 0 aliphatic heterocycles. The average Bonchev–Trinajstić information content (AvgIpc) is 2.66. The van der Waals surface area contributed by atoms with E-state index in [4.69, 9.17) is 4.74 Å². The third-order valence-electron chi connectivity index (χ3n) is 3.70. The molecule has 136 valence electrons. The summed E-state index contributed by atoms with van der Waals surface area (Å²) in [5.41, 5.74) is 4.51. The Morgan fingerprint density at radius 2 is 1.77 bits per heavy atom. The van der Waals surface area contributed by atoms with Gasteiger partial charge in [-0.25, -0.2) is 5.43 Å². The monoisotopic (exact) mass is 356 g/mol. The number of carbonyl (C=O) groups excluding carboxylic acids is 1. The third-order valence-corrected chi connectivity index (χ3v) is 3.70. The minimum absolute atomic E-state index is 0.00268. The molecule has 0 saturated heterocycles. The van der Waals surface area contributed by atoms with Crippen molar-refractivity contribution >= 4 is 23.0 Å².